The Hall–Kier alpha value is -1.74. The zero-order valence-corrected chi connectivity index (χ0v) is 9.77. The Kier molecular flexibility index (Phi) is 3.18. The van der Waals surface area contributed by atoms with Crippen molar-refractivity contribution in [2.75, 3.05) is 5.32 Å². The predicted molar refractivity (Wildman–Crippen MR) is 62.1 cm³/mol. The molecule has 0 bridgehead atoms. The molecule has 96 valence electrons. The molecule has 1 atom stereocenters. The van der Waals surface area contributed by atoms with Crippen LogP contribution in [0.4, 0.5) is 18.9 Å². The van der Waals surface area contributed by atoms with E-state index in [0.717, 1.165) is 12.1 Å². The van der Waals surface area contributed by atoms with Gasteiger partial charge in [-0.3, -0.25) is 0 Å². The highest BCUT2D eigenvalue weighted by Crippen LogP contribution is 2.35. The average molecular weight is 255 g/mol. The maximum atomic E-state index is 12.6. The highest BCUT2D eigenvalue weighted by atomic mass is 19.4. The van der Waals surface area contributed by atoms with Crippen LogP contribution in [0.3, 0.4) is 0 Å². The first-order valence-corrected chi connectivity index (χ1v) is 5.66. The number of hydrogen-bond acceptors (Lipinski definition) is 2. The summed E-state index contributed by atoms with van der Waals surface area (Å²) in [6.45, 7) is 1.91. The van der Waals surface area contributed by atoms with Crippen LogP contribution >= 0.6 is 0 Å². The lowest BCUT2D eigenvalue weighted by Crippen LogP contribution is -2.28. The van der Waals surface area contributed by atoms with Gasteiger partial charge in [0.25, 0.3) is 0 Å². The second-order valence-electron chi connectivity index (χ2n) is 4.28. The van der Waals surface area contributed by atoms with Crippen LogP contribution in [0.25, 0.3) is 0 Å². The van der Waals surface area contributed by atoms with Gasteiger partial charge in [0.15, 0.2) is 0 Å². The SMILES string of the molecule is CCC1Nc2ccc(C(F)(F)F)cc2CC1=C=O. The summed E-state index contributed by atoms with van der Waals surface area (Å²) in [5.41, 5.74) is 0.939. The quantitative estimate of drug-likeness (QED) is 0.781. The fourth-order valence-electron chi connectivity index (χ4n) is 2.12. The molecule has 1 aliphatic heterocycles. The van der Waals surface area contributed by atoms with Gasteiger partial charge in [0, 0.05) is 17.7 Å². The number of hydrogen-bond donors (Lipinski definition) is 1. The summed E-state index contributed by atoms with van der Waals surface area (Å²) in [7, 11) is 0. The molecule has 0 saturated carbocycles. The molecule has 0 radical (unpaired) electrons. The Morgan fingerprint density at radius 3 is 2.72 bits per heavy atom. The molecule has 0 aromatic heterocycles. The predicted octanol–water partition coefficient (Wildman–Crippen LogP) is 3.21. The van der Waals surface area contributed by atoms with Crippen LogP contribution in [0.15, 0.2) is 23.8 Å². The Labute approximate surface area is 102 Å². The second kappa shape index (κ2) is 4.50. The van der Waals surface area contributed by atoms with Gasteiger partial charge in [-0.1, -0.05) is 6.92 Å². The normalized spacial score (nSPS) is 18.9. The molecular formula is C13H12F3NO. The van der Waals surface area contributed by atoms with E-state index in [1.165, 1.54) is 6.07 Å². The van der Waals surface area contributed by atoms with Crippen molar-refractivity contribution in [3.05, 3.63) is 34.9 Å². The number of halogens is 3. The number of alkyl halides is 3. The summed E-state index contributed by atoms with van der Waals surface area (Å²) in [4.78, 5) is 10.8. The van der Waals surface area contributed by atoms with Crippen molar-refractivity contribution in [2.24, 2.45) is 0 Å². The first-order valence-electron chi connectivity index (χ1n) is 5.66. The molecule has 1 unspecified atom stereocenters. The molecule has 0 aliphatic carbocycles. The van der Waals surface area contributed by atoms with Crippen molar-refractivity contribution in [3.63, 3.8) is 0 Å². The van der Waals surface area contributed by atoms with Crippen molar-refractivity contribution in [2.45, 2.75) is 32.0 Å². The Balaban J connectivity index is 2.42. The van der Waals surface area contributed by atoms with E-state index < -0.39 is 11.7 Å². The van der Waals surface area contributed by atoms with E-state index >= 15 is 0 Å². The van der Waals surface area contributed by atoms with Crippen LogP contribution < -0.4 is 5.32 Å². The minimum Gasteiger partial charge on any atom is -0.378 e. The van der Waals surface area contributed by atoms with Gasteiger partial charge in [-0.2, -0.15) is 13.2 Å². The lowest BCUT2D eigenvalue weighted by atomic mass is 9.91. The van der Waals surface area contributed by atoms with Crippen LogP contribution in [0.5, 0.6) is 0 Å². The Morgan fingerprint density at radius 1 is 1.44 bits per heavy atom. The molecule has 2 rings (SSSR count). The number of carbonyl (C=O) groups excluding carboxylic acids is 1. The molecule has 18 heavy (non-hydrogen) atoms. The first kappa shape index (κ1) is 12.7. The summed E-state index contributed by atoms with van der Waals surface area (Å²) in [6.07, 6.45) is -3.43. The van der Waals surface area contributed by atoms with Crippen LogP contribution in [-0.2, 0) is 17.4 Å². The van der Waals surface area contributed by atoms with Gasteiger partial charge in [-0.05, 0) is 30.2 Å². The van der Waals surface area contributed by atoms with E-state index in [1.807, 2.05) is 12.9 Å². The van der Waals surface area contributed by atoms with E-state index in [4.69, 9.17) is 0 Å². The largest absolute Gasteiger partial charge is 0.416 e. The Morgan fingerprint density at radius 2 is 2.17 bits per heavy atom. The van der Waals surface area contributed by atoms with Crippen molar-refractivity contribution in [3.8, 4) is 0 Å². The Bertz CT molecular complexity index is 515. The molecule has 2 nitrogen and oxygen atoms in total. The highest BCUT2D eigenvalue weighted by Gasteiger charge is 2.32. The average Bonchev–Trinajstić information content (AvgIpc) is 2.35. The van der Waals surface area contributed by atoms with Gasteiger partial charge < -0.3 is 5.32 Å². The first-order chi connectivity index (χ1) is 8.45. The molecule has 1 aliphatic rings. The van der Waals surface area contributed by atoms with Crippen molar-refractivity contribution < 1.29 is 18.0 Å². The minimum absolute atomic E-state index is 0.133. The van der Waals surface area contributed by atoms with Gasteiger partial charge >= 0.3 is 6.18 Å². The van der Waals surface area contributed by atoms with E-state index in [2.05, 4.69) is 5.32 Å². The lowest BCUT2D eigenvalue weighted by molar-refractivity contribution is -0.137. The smallest absolute Gasteiger partial charge is 0.378 e. The van der Waals surface area contributed by atoms with Crippen molar-refractivity contribution in [1.29, 1.82) is 0 Å². The maximum absolute atomic E-state index is 12.6. The monoisotopic (exact) mass is 255 g/mol. The number of nitrogens with one attached hydrogen (secondary N) is 1. The fraction of sp³-hybridized carbons (Fsp3) is 0.385. The molecule has 0 amide bonds. The summed E-state index contributed by atoms with van der Waals surface area (Å²) in [5, 5.41) is 3.06. The van der Waals surface area contributed by atoms with Gasteiger partial charge in [-0.25, -0.2) is 4.79 Å². The second-order valence-corrected chi connectivity index (χ2v) is 4.28. The standard InChI is InChI=1S/C13H12F3NO/c1-2-11-9(7-18)5-8-6-10(13(14,15)16)3-4-12(8)17-11/h3-4,6,11,17H,2,5H2,1H3. The van der Waals surface area contributed by atoms with E-state index in [-0.39, 0.29) is 12.5 Å². The highest BCUT2D eigenvalue weighted by molar-refractivity contribution is 5.66. The molecular weight excluding hydrogens is 243 g/mol. The van der Waals surface area contributed by atoms with Crippen LogP contribution in [-0.4, -0.2) is 12.0 Å². The molecule has 1 heterocycles. The van der Waals surface area contributed by atoms with Crippen molar-refractivity contribution in [1.82, 2.24) is 0 Å². The third kappa shape index (κ3) is 2.27. The van der Waals surface area contributed by atoms with Gasteiger partial charge in [0.05, 0.1) is 11.6 Å². The summed E-state index contributed by atoms with van der Waals surface area (Å²) >= 11 is 0. The topological polar surface area (TPSA) is 29.1 Å². The van der Waals surface area contributed by atoms with Crippen LogP contribution in [0.1, 0.15) is 24.5 Å². The molecule has 0 fully saturated rings. The van der Waals surface area contributed by atoms with Crippen LogP contribution in [0, 0.1) is 0 Å². The van der Waals surface area contributed by atoms with E-state index in [1.54, 1.807) is 0 Å². The summed E-state index contributed by atoms with van der Waals surface area (Å²) in [5.74, 6) is 1.83. The zero-order chi connectivity index (χ0) is 13.3. The van der Waals surface area contributed by atoms with Gasteiger partial charge in [-0.15, -0.1) is 0 Å². The number of benzene rings is 1. The van der Waals surface area contributed by atoms with Crippen molar-refractivity contribution >= 4 is 11.6 Å². The summed E-state index contributed by atoms with van der Waals surface area (Å²) < 4.78 is 37.7. The third-order valence-corrected chi connectivity index (χ3v) is 3.10. The fourth-order valence-corrected chi connectivity index (χ4v) is 2.12. The number of fused-ring (bicyclic) bond motifs is 1. The third-order valence-electron chi connectivity index (χ3n) is 3.10. The summed E-state index contributed by atoms with van der Waals surface area (Å²) in [6, 6.07) is 3.43. The van der Waals surface area contributed by atoms with E-state index in [0.29, 0.717) is 23.2 Å². The molecule has 0 spiro atoms. The molecule has 1 aromatic carbocycles. The molecule has 1 aromatic rings. The minimum atomic E-state index is -4.36. The van der Waals surface area contributed by atoms with E-state index in [9.17, 15) is 18.0 Å². The van der Waals surface area contributed by atoms with Gasteiger partial charge in [0.1, 0.15) is 5.94 Å². The zero-order valence-electron chi connectivity index (χ0n) is 9.77. The lowest BCUT2D eigenvalue weighted by Gasteiger charge is -2.27. The molecule has 1 N–H and O–H groups in total. The van der Waals surface area contributed by atoms with Crippen LogP contribution in [0.2, 0.25) is 0 Å². The molecule has 0 saturated heterocycles. The van der Waals surface area contributed by atoms with Gasteiger partial charge in [0.2, 0.25) is 0 Å². The maximum Gasteiger partial charge on any atom is 0.416 e. The number of anilines is 1. The molecule has 5 heteroatoms. The number of rotatable bonds is 1.